The van der Waals surface area contributed by atoms with E-state index in [1.807, 2.05) is 12.1 Å². The molecular formula is C21H31N5OS. The molecule has 0 unspecified atom stereocenters. The Balaban J connectivity index is 1.39. The summed E-state index contributed by atoms with van der Waals surface area (Å²) >= 11 is 1.40. The summed E-state index contributed by atoms with van der Waals surface area (Å²) < 4.78 is 5.53. The highest BCUT2D eigenvalue weighted by atomic mass is 32.1. The normalized spacial score (nSPS) is 24.2. The maximum absolute atomic E-state index is 12.9. The molecular weight excluding hydrogens is 370 g/mol. The standard InChI is InChI=1S/C21H31N5OS/c1-2-8-22-10-11-24-15-4-6-17-19(12-15)28-26-20(17)21(27)25-18-13-23-9-7-14-3-5-16(14)18/h4,6,12,14,16,18,22-24H,2-3,5,7-11,13H2,1H3,(H,25,27)/t14-,16+,18-/m1/s1. The van der Waals surface area contributed by atoms with E-state index < -0.39 is 0 Å². The topological polar surface area (TPSA) is 78.1 Å². The van der Waals surface area contributed by atoms with E-state index in [2.05, 4.69) is 38.6 Å². The van der Waals surface area contributed by atoms with Crippen LogP contribution in [0.4, 0.5) is 5.69 Å². The van der Waals surface area contributed by atoms with Crippen molar-refractivity contribution in [1.82, 2.24) is 20.3 Å². The van der Waals surface area contributed by atoms with Gasteiger partial charge in [-0.3, -0.25) is 4.79 Å². The van der Waals surface area contributed by atoms with Gasteiger partial charge in [-0.15, -0.1) is 0 Å². The lowest BCUT2D eigenvalue weighted by Crippen LogP contribution is -2.49. The number of amides is 1. The molecule has 1 aromatic heterocycles. The van der Waals surface area contributed by atoms with E-state index in [-0.39, 0.29) is 11.9 Å². The molecule has 4 N–H and O–H groups in total. The van der Waals surface area contributed by atoms with Gasteiger partial charge in [0.25, 0.3) is 5.91 Å². The molecule has 0 radical (unpaired) electrons. The van der Waals surface area contributed by atoms with Crippen LogP contribution in [0.25, 0.3) is 10.1 Å². The number of nitrogens with one attached hydrogen (secondary N) is 4. The summed E-state index contributed by atoms with van der Waals surface area (Å²) in [6, 6.07) is 6.39. The molecule has 0 spiro atoms. The third kappa shape index (κ3) is 4.31. The molecule has 152 valence electrons. The lowest BCUT2D eigenvalue weighted by Gasteiger charge is -2.40. The zero-order valence-electron chi connectivity index (χ0n) is 16.6. The molecule has 1 aliphatic heterocycles. The van der Waals surface area contributed by atoms with Gasteiger partial charge < -0.3 is 21.3 Å². The van der Waals surface area contributed by atoms with Crippen LogP contribution in [0.5, 0.6) is 0 Å². The molecule has 2 fully saturated rings. The highest BCUT2D eigenvalue weighted by molar-refractivity contribution is 7.13. The number of benzene rings is 1. The van der Waals surface area contributed by atoms with Crippen molar-refractivity contribution in [2.45, 2.75) is 38.6 Å². The molecule has 0 bridgehead atoms. The van der Waals surface area contributed by atoms with Crippen LogP contribution in [0.2, 0.25) is 0 Å². The summed E-state index contributed by atoms with van der Waals surface area (Å²) in [4.78, 5) is 12.9. The quantitative estimate of drug-likeness (QED) is 0.512. The van der Waals surface area contributed by atoms with Crippen LogP contribution >= 0.6 is 11.5 Å². The molecule has 2 aliphatic rings. The van der Waals surface area contributed by atoms with Crippen molar-refractivity contribution in [2.24, 2.45) is 11.8 Å². The van der Waals surface area contributed by atoms with Crippen LogP contribution in [0.15, 0.2) is 18.2 Å². The summed E-state index contributed by atoms with van der Waals surface area (Å²) in [5, 5.41) is 14.5. The Kier molecular flexibility index (Phi) is 6.44. The lowest BCUT2D eigenvalue weighted by atomic mass is 9.69. The first-order valence-corrected chi connectivity index (χ1v) is 11.4. The van der Waals surface area contributed by atoms with Gasteiger partial charge in [0, 0.05) is 36.7 Å². The van der Waals surface area contributed by atoms with Crippen LogP contribution in [0.1, 0.15) is 43.1 Å². The number of nitrogens with zero attached hydrogens (tertiary/aromatic N) is 1. The van der Waals surface area contributed by atoms with Crippen molar-refractivity contribution in [2.75, 3.05) is 38.0 Å². The van der Waals surface area contributed by atoms with E-state index in [9.17, 15) is 4.79 Å². The molecule has 28 heavy (non-hydrogen) atoms. The molecule has 1 aromatic carbocycles. The smallest absolute Gasteiger partial charge is 0.271 e. The Hall–Kier alpha value is -1.70. The maximum atomic E-state index is 12.9. The SMILES string of the molecule is CCCNCCNc1ccc2c(C(=O)N[C@@H]3CNCC[C@H]4CC[C@@H]43)nsc2c1. The molecule has 2 aromatic rings. The van der Waals surface area contributed by atoms with Crippen LogP contribution in [-0.4, -0.2) is 49.0 Å². The van der Waals surface area contributed by atoms with Crippen molar-refractivity contribution in [3.63, 3.8) is 0 Å². The molecule has 1 aliphatic carbocycles. The Morgan fingerprint density at radius 2 is 2.18 bits per heavy atom. The van der Waals surface area contributed by atoms with Crippen LogP contribution in [-0.2, 0) is 0 Å². The van der Waals surface area contributed by atoms with Gasteiger partial charge >= 0.3 is 0 Å². The van der Waals surface area contributed by atoms with Crippen molar-refractivity contribution < 1.29 is 4.79 Å². The van der Waals surface area contributed by atoms with E-state index in [0.29, 0.717) is 11.6 Å². The van der Waals surface area contributed by atoms with Gasteiger partial charge in [0.05, 0.1) is 4.70 Å². The Labute approximate surface area is 171 Å². The number of hydrogen-bond acceptors (Lipinski definition) is 6. The molecule has 4 rings (SSSR count). The van der Waals surface area contributed by atoms with Crippen molar-refractivity contribution >= 4 is 33.2 Å². The number of carbonyl (C=O) groups excluding carboxylic acids is 1. The second kappa shape index (κ2) is 9.20. The molecule has 6 nitrogen and oxygen atoms in total. The fourth-order valence-corrected chi connectivity index (χ4v) is 5.20. The Morgan fingerprint density at radius 3 is 3.00 bits per heavy atom. The van der Waals surface area contributed by atoms with Crippen LogP contribution < -0.4 is 21.3 Å². The van der Waals surface area contributed by atoms with Gasteiger partial charge in [-0.2, -0.15) is 4.37 Å². The predicted octanol–water partition coefficient (Wildman–Crippen LogP) is 2.83. The molecule has 1 amide bonds. The monoisotopic (exact) mass is 401 g/mol. The van der Waals surface area contributed by atoms with Gasteiger partial charge in [0.15, 0.2) is 0 Å². The highest BCUT2D eigenvalue weighted by Crippen LogP contribution is 2.40. The minimum Gasteiger partial charge on any atom is -0.384 e. The van der Waals surface area contributed by atoms with E-state index in [4.69, 9.17) is 0 Å². The first-order chi connectivity index (χ1) is 13.8. The summed E-state index contributed by atoms with van der Waals surface area (Å²) in [6.07, 6.45) is 4.93. The molecule has 7 heteroatoms. The highest BCUT2D eigenvalue weighted by Gasteiger charge is 2.39. The van der Waals surface area contributed by atoms with Crippen molar-refractivity contribution in [3.8, 4) is 0 Å². The number of hydrogen-bond donors (Lipinski definition) is 4. The molecule has 3 atom stereocenters. The summed E-state index contributed by atoms with van der Waals surface area (Å²) in [7, 11) is 0. The van der Waals surface area contributed by atoms with Crippen LogP contribution in [0, 0.1) is 11.8 Å². The molecule has 1 saturated carbocycles. The number of anilines is 1. The van der Waals surface area contributed by atoms with E-state index in [1.165, 1.54) is 30.8 Å². The number of fused-ring (bicyclic) bond motifs is 2. The zero-order valence-corrected chi connectivity index (χ0v) is 17.4. The average Bonchev–Trinajstić information content (AvgIpc) is 3.04. The van der Waals surface area contributed by atoms with Gasteiger partial charge in [-0.05, 0) is 80.3 Å². The maximum Gasteiger partial charge on any atom is 0.271 e. The molecule has 2 heterocycles. The third-order valence-corrected chi connectivity index (χ3v) is 6.92. The van der Waals surface area contributed by atoms with Gasteiger partial charge in [-0.25, -0.2) is 0 Å². The van der Waals surface area contributed by atoms with E-state index >= 15 is 0 Å². The first kappa shape index (κ1) is 19.6. The summed E-state index contributed by atoms with van der Waals surface area (Å²) in [5.74, 6) is 1.36. The second-order valence-electron chi connectivity index (χ2n) is 7.99. The third-order valence-electron chi connectivity index (χ3n) is 6.11. The van der Waals surface area contributed by atoms with E-state index in [0.717, 1.165) is 60.8 Å². The van der Waals surface area contributed by atoms with Gasteiger partial charge in [0.1, 0.15) is 5.69 Å². The number of carbonyl (C=O) groups is 1. The van der Waals surface area contributed by atoms with Crippen molar-refractivity contribution in [3.05, 3.63) is 23.9 Å². The second-order valence-corrected chi connectivity index (χ2v) is 8.80. The number of aromatic nitrogens is 1. The first-order valence-electron chi connectivity index (χ1n) is 10.6. The van der Waals surface area contributed by atoms with Gasteiger partial charge in [0.2, 0.25) is 0 Å². The Bertz CT molecular complexity index is 807. The summed E-state index contributed by atoms with van der Waals surface area (Å²) in [5.41, 5.74) is 1.64. The molecule has 1 saturated heterocycles. The minimum absolute atomic E-state index is 0.0323. The Morgan fingerprint density at radius 1 is 1.25 bits per heavy atom. The predicted molar refractivity (Wildman–Crippen MR) is 116 cm³/mol. The lowest BCUT2D eigenvalue weighted by molar-refractivity contribution is 0.0845. The largest absolute Gasteiger partial charge is 0.384 e. The fraction of sp³-hybridized carbons (Fsp3) is 0.619. The van der Waals surface area contributed by atoms with Gasteiger partial charge in [-0.1, -0.05) is 6.92 Å². The fourth-order valence-electron chi connectivity index (χ4n) is 4.38. The summed E-state index contributed by atoms with van der Waals surface area (Å²) in [6.45, 7) is 6.98. The zero-order chi connectivity index (χ0) is 19.3. The van der Waals surface area contributed by atoms with E-state index in [1.54, 1.807) is 0 Å². The minimum atomic E-state index is -0.0323. The van der Waals surface area contributed by atoms with Crippen LogP contribution in [0.3, 0.4) is 0 Å². The number of rotatable bonds is 8. The van der Waals surface area contributed by atoms with Crippen molar-refractivity contribution in [1.29, 1.82) is 0 Å². The average molecular weight is 402 g/mol.